The molecule has 1 aliphatic rings. The molecule has 0 aliphatic carbocycles. The van der Waals surface area contributed by atoms with Crippen LogP contribution in [0, 0.1) is 0 Å². The van der Waals surface area contributed by atoms with E-state index in [2.05, 4.69) is 53.2 Å². The van der Waals surface area contributed by atoms with Gasteiger partial charge in [-0.05, 0) is 45.8 Å². The highest BCUT2D eigenvalue weighted by molar-refractivity contribution is 14.1. The van der Waals surface area contributed by atoms with Crippen LogP contribution in [0.5, 0.6) is 0 Å². The van der Waals surface area contributed by atoms with Crippen LogP contribution in [0.15, 0.2) is 0 Å². The lowest BCUT2D eigenvalue weighted by molar-refractivity contribution is 0.193. The van der Waals surface area contributed by atoms with Crippen molar-refractivity contribution in [1.82, 2.24) is 9.80 Å². The molecule has 1 fully saturated rings. The summed E-state index contributed by atoms with van der Waals surface area (Å²) in [4.78, 5) is 5.29. The maximum atomic E-state index is 2.68. The second kappa shape index (κ2) is 7.07. The molecule has 2 nitrogen and oxygen atoms in total. The Labute approximate surface area is 109 Å². The number of hydrogen-bond acceptors (Lipinski definition) is 2. The minimum Gasteiger partial charge on any atom is -0.302 e. The third kappa shape index (κ3) is 4.19. The Balaban J connectivity index is 2.41. The molecule has 3 heteroatoms. The summed E-state index contributed by atoms with van der Waals surface area (Å²) < 4.78 is 0.675. The lowest BCUT2D eigenvalue weighted by Crippen LogP contribution is -2.41. The van der Waals surface area contributed by atoms with Crippen LogP contribution >= 0.6 is 22.6 Å². The molecule has 0 N–H and O–H groups in total. The highest BCUT2D eigenvalue weighted by atomic mass is 127. The third-order valence-corrected chi connectivity index (χ3v) is 3.91. The summed E-state index contributed by atoms with van der Waals surface area (Å²) >= 11 is 2.55. The van der Waals surface area contributed by atoms with Crippen molar-refractivity contribution in [3.05, 3.63) is 0 Å². The average molecular weight is 324 g/mol. The van der Waals surface area contributed by atoms with Crippen LogP contribution < -0.4 is 0 Å². The summed E-state index contributed by atoms with van der Waals surface area (Å²) in [6, 6.07) is 0.809. The standard InChI is InChI=1S/C12H25IN2/c1-4-7-14-9-6-12(10-14)15(8-5-2)11(3)13/h11-12H,4-10H2,1-3H3. The quantitative estimate of drug-likeness (QED) is 0.421. The van der Waals surface area contributed by atoms with Crippen LogP contribution in [-0.4, -0.2) is 46.1 Å². The molecule has 0 saturated carbocycles. The molecule has 2 unspecified atom stereocenters. The SMILES string of the molecule is CCCN1CCC(N(CCC)C(C)I)C1. The summed E-state index contributed by atoms with van der Waals surface area (Å²) in [6.45, 7) is 12.0. The molecule has 1 heterocycles. The molecule has 0 spiro atoms. The van der Waals surface area contributed by atoms with Crippen LogP contribution in [0.25, 0.3) is 0 Å². The summed E-state index contributed by atoms with van der Waals surface area (Å²) in [7, 11) is 0. The zero-order valence-electron chi connectivity index (χ0n) is 10.4. The second-order valence-electron chi connectivity index (χ2n) is 4.55. The van der Waals surface area contributed by atoms with Crippen LogP contribution in [0.4, 0.5) is 0 Å². The van der Waals surface area contributed by atoms with Crippen LogP contribution in [0.3, 0.4) is 0 Å². The van der Waals surface area contributed by atoms with E-state index in [-0.39, 0.29) is 0 Å². The van der Waals surface area contributed by atoms with Crippen molar-refractivity contribution < 1.29 is 0 Å². The molecule has 0 radical (unpaired) electrons. The van der Waals surface area contributed by atoms with E-state index in [1.54, 1.807) is 0 Å². The predicted octanol–water partition coefficient (Wildman–Crippen LogP) is 2.96. The van der Waals surface area contributed by atoms with Gasteiger partial charge in [-0.1, -0.05) is 36.4 Å². The molecule has 1 saturated heterocycles. The molecule has 0 aromatic heterocycles. The van der Waals surface area contributed by atoms with Gasteiger partial charge in [-0.2, -0.15) is 0 Å². The number of hydrogen-bond donors (Lipinski definition) is 0. The molecular formula is C12H25IN2. The highest BCUT2D eigenvalue weighted by Crippen LogP contribution is 2.21. The summed E-state index contributed by atoms with van der Waals surface area (Å²) in [5, 5.41) is 0. The van der Waals surface area contributed by atoms with Crippen LogP contribution in [0.1, 0.15) is 40.0 Å². The summed E-state index contributed by atoms with van der Waals surface area (Å²) in [5.74, 6) is 0. The Morgan fingerprint density at radius 1 is 1.40 bits per heavy atom. The van der Waals surface area contributed by atoms with E-state index >= 15 is 0 Å². The van der Waals surface area contributed by atoms with E-state index in [0.717, 1.165) is 6.04 Å². The largest absolute Gasteiger partial charge is 0.302 e. The Morgan fingerprint density at radius 3 is 2.67 bits per heavy atom. The molecule has 90 valence electrons. The zero-order valence-corrected chi connectivity index (χ0v) is 12.5. The van der Waals surface area contributed by atoms with Crippen LogP contribution in [-0.2, 0) is 0 Å². The second-order valence-corrected chi connectivity index (χ2v) is 6.36. The number of likely N-dealkylation sites (tertiary alicyclic amines) is 1. The molecule has 0 aromatic rings. The van der Waals surface area contributed by atoms with Gasteiger partial charge in [0, 0.05) is 12.6 Å². The molecule has 0 amide bonds. The molecule has 1 rings (SSSR count). The minimum atomic E-state index is 0.675. The fraction of sp³-hybridized carbons (Fsp3) is 1.00. The van der Waals surface area contributed by atoms with Gasteiger partial charge >= 0.3 is 0 Å². The molecule has 0 bridgehead atoms. The first-order valence-corrected chi connectivity index (χ1v) is 7.55. The van der Waals surface area contributed by atoms with Crippen molar-refractivity contribution >= 4 is 22.6 Å². The lowest BCUT2D eigenvalue weighted by Gasteiger charge is -2.31. The number of halogens is 1. The van der Waals surface area contributed by atoms with Crippen molar-refractivity contribution in [1.29, 1.82) is 0 Å². The van der Waals surface area contributed by atoms with Crippen molar-refractivity contribution in [3.63, 3.8) is 0 Å². The van der Waals surface area contributed by atoms with E-state index in [1.165, 1.54) is 45.4 Å². The van der Waals surface area contributed by atoms with E-state index < -0.39 is 0 Å². The average Bonchev–Trinajstić information content (AvgIpc) is 2.62. The van der Waals surface area contributed by atoms with Gasteiger partial charge in [-0.25, -0.2) is 0 Å². The minimum absolute atomic E-state index is 0.675. The van der Waals surface area contributed by atoms with Crippen LogP contribution in [0.2, 0.25) is 0 Å². The molecular weight excluding hydrogens is 299 g/mol. The maximum Gasteiger partial charge on any atom is 0.0592 e. The number of rotatable bonds is 6. The summed E-state index contributed by atoms with van der Waals surface area (Å²) in [6.07, 6.45) is 3.94. The Kier molecular flexibility index (Phi) is 6.46. The van der Waals surface area contributed by atoms with E-state index in [1.807, 2.05) is 0 Å². The topological polar surface area (TPSA) is 6.48 Å². The molecule has 0 aromatic carbocycles. The van der Waals surface area contributed by atoms with Gasteiger partial charge in [0.2, 0.25) is 0 Å². The molecule has 1 aliphatic heterocycles. The van der Waals surface area contributed by atoms with E-state index in [9.17, 15) is 0 Å². The van der Waals surface area contributed by atoms with Gasteiger partial charge in [0.1, 0.15) is 0 Å². The molecule has 2 atom stereocenters. The predicted molar refractivity (Wildman–Crippen MR) is 75.6 cm³/mol. The zero-order chi connectivity index (χ0) is 11.3. The van der Waals surface area contributed by atoms with Gasteiger partial charge in [0.15, 0.2) is 0 Å². The smallest absolute Gasteiger partial charge is 0.0592 e. The van der Waals surface area contributed by atoms with Gasteiger partial charge in [-0.3, -0.25) is 4.90 Å². The lowest BCUT2D eigenvalue weighted by atomic mass is 10.2. The van der Waals surface area contributed by atoms with Gasteiger partial charge in [0.25, 0.3) is 0 Å². The Hall–Kier alpha value is 0.650. The third-order valence-electron chi connectivity index (χ3n) is 3.20. The van der Waals surface area contributed by atoms with Crippen molar-refractivity contribution in [2.75, 3.05) is 26.2 Å². The fourth-order valence-electron chi connectivity index (χ4n) is 2.51. The van der Waals surface area contributed by atoms with Crippen molar-refractivity contribution in [2.24, 2.45) is 0 Å². The van der Waals surface area contributed by atoms with Gasteiger partial charge in [0.05, 0.1) is 4.05 Å². The highest BCUT2D eigenvalue weighted by Gasteiger charge is 2.28. The monoisotopic (exact) mass is 324 g/mol. The van der Waals surface area contributed by atoms with Crippen molar-refractivity contribution in [2.45, 2.75) is 50.1 Å². The maximum absolute atomic E-state index is 2.68. The van der Waals surface area contributed by atoms with Crippen molar-refractivity contribution in [3.8, 4) is 0 Å². The van der Waals surface area contributed by atoms with E-state index in [0.29, 0.717) is 4.05 Å². The van der Waals surface area contributed by atoms with Gasteiger partial charge in [-0.15, -0.1) is 0 Å². The first-order chi connectivity index (χ1) is 7.19. The Bertz CT molecular complexity index is 173. The first kappa shape index (κ1) is 13.7. The van der Waals surface area contributed by atoms with E-state index in [4.69, 9.17) is 0 Å². The first-order valence-electron chi connectivity index (χ1n) is 6.31. The number of alkyl halides is 1. The fourth-order valence-corrected chi connectivity index (χ4v) is 3.24. The number of nitrogens with zero attached hydrogens (tertiary/aromatic N) is 2. The summed E-state index contributed by atoms with van der Waals surface area (Å²) in [5.41, 5.74) is 0. The normalized spacial score (nSPS) is 25.0. The molecule has 15 heavy (non-hydrogen) atoms. The Morgan fingerprint density at radius 2 is 2.13 bits per heavy atom. The van der Waals surface area contributed by atoms with Gasteiger partial charge < -0.3 is 4.90 Å².